The first-order chi connectivity index (χ1) is 9.68. The highest BCUT2D eigenvalue weighted by molar-refractivity contribution is 9.10. The number of rotatable bonds is 6. The van der Waals surface area contributed by atoms with Crippen LogP contribution in [0.2, 0.25) is 0 Å². The topological polar surface area (TPSA) is 92.5 Å². The number of anilines is 1. The first-order valence-electron chi connectivity index (χ1n) is 6.53. The van der Waals surface area contributed by atoms with Gasteiger partial charge in [0.2, 0.25) is 15.9 Å². The molecule has 0 fully saturated rings. The fraction of sp³-hybridized carbons (Fsp3) is 0.462. The van der Waals surface area contributed by atoms with E-state index in [1.54, 1.807) is 6.92 Å². The van der Waals surface area contributed by atoms with Gasteiger partial charge in [0.1, 0.15) is 0 Å². The van der Waals surface area contributed by atoms with Crippen molar-refractivity contribution in [2.45, 2.75) is 31.7 Å². The predicted molar refractivity (Wildman–Crippen MR) is 86.3 cm³/mol. The Hall–Kier alpha value is -1.12. The highest BCUT2D eigenvalue weighted by atomic mass is 79.9. The zero-order valence-corrected chi connectivity index (χ0v) is 14.7. The molecule has 0 unspecified atom stereocenters. The molecule has 0 aliphatic rings. The van der Waals surface area contributed by atoms with Crippen molar-refractivity contribution >= 4 is 37.5 Å². The number of amides is 1. The van der Waals surface area contributed by atoms with Gasteiger partial charge in [-0.1, -0.05) is 6.92 Å². The number of likely N-dealkylation sites (N-methyl/N-ethyl adjacent to an activating group) is 1. The molecule has 0 aliphatic carbocycles. The van der Waals surface area contributed by atoms with E-state index in [1.165, 1.54) is 18.2 Å². The molecule has 1 aromatic rings. The normalized spacial score (nSPS) is 11.9. The van der Waals surface area contributed by atoms with Crippen LogP contribution < -0.4 is 11.1 Å². The van der Waals surface area contributed by atoms with Crippen LogP contribution in [0.3, 0.4) is 0 Å². The second kappa shape index (κ2) is 7.24. The fourth-order valence-electron chi connectivity index (χ4n) is 1.71. The second-order valence-corrected chi connectivity index (χ2v) is 7.63. The van der Waals surface area contributed by atoms with Gasteiger partial charge in [0.05, 0.1) is 11.4 Å². The molecular formula is C13H20BrN3O3S. The molecule has 1 aromatic carbocycles. The molecule has 8 heteroatoms. The summed E-state index contributed by atoms with van der Waals surface area (Å²) in [6.07, 6.45) is 0. The number of benzene rings is 1. The van der Waals surface area contributed by atoms with Gasteiger partial charge < -0.3 is 11.1 Å². The molecule has 1 amide bonds. The Bertz CT molecular complexity index is 617. The van der Waals surface area contributed by atoms with E-state index in [0.29, 0.717) is 10.2 Å². The van der Waals surface area contributed by atoms with Crippen LogP contribution in [-0.4, -0.2) is 37.8 Å². The Morgan fingerprint density at radius 2 is 2.05 bits per heavy atom. The monoisotopic (exact) mass is 377 g/mol. The summed E-state index contributed by atoms with van der Waals surface area (Å²) in [6, 6.07) is 4.34. The number of carbonyl (C=O) groups excluding carboxylic acids is 1. The lowest BCUT2D eigenvalue weighted by molar-refractivity contribution is -0.121. The Balaban J connectivity index is 3.02. The molecule has 0 aromatic heterocycles. The first kappa shape index (κ1) is 17.9. The van der Waals surface area contributed by atoms with Crippen molar-refractivity contribution in [2.75, 3.05) is 18.8 Å². The van der Waals surface area contributed by atoms with Crippen molar-refractivity contribution in [3.8, 4) is 0 Å². The average molecular weight is 378 g/mol. The second-order valence-electron chi connectivity index (χ2n) is 4.84. The lowest BCUT2D eigenvalue weighted by Gasteiger charge is -2.21. The average Bonchev–Trinajstić information content (AvgIpc) is 2.37. The number of halogens is 1. The molecule has 3 N–H and O–H groups in total. The minimum Gasteiger partial charge on any atom is -0.398 e. The van der Waals surface area contributed by atoms with Crippen LogP contribution in [0.1, 0.15) is 20.8 Å². The van der Waals surface area contributed by atoms with Gasteiger partial charge in [0.15, 0.2) is 0 Å². The minimum absolute atomic E-state index is 0.0374. The summed E-state index contributed by atoms with van der Waals surface area (Å²) in [5.74, 6) is -0.329. The van der Waals surface area contributed by atoms with E-state index in [0.717, 1.165) is 4.31 Å². The Labute approximate surface area is 133 Å². The van der Waals surface area contributed by atoms with Gasteiger partial charge in [0, 0.05) is 22.7 Å². The van der Waals surface area contributed by atoms with Gasteiger partial charge in [-0.3, -0.25) is 4.79 Å². The lowest BCUT2D eigenvalue weighted by atomic mass is 10.3. The van der Waals surface area contributed by atoms with Crippen LogP contribution in [0, 0.1) is 0 Å². The zero-order valence-electron chi connectivity index (χ0n) is 12.3. The fourth-order valence-corrected chi connectivity index (χ4v) is 3.67. The minimum atomic E-state index is -3.73. The van der Waals surface area contributed by atoms with E-state index in [9.17, 15) is 13.2 Å². The molecule has 6 nitrogen and oxygen atoms in total. The number of nitrogens with zero attached hydrogens (tertiary/aromatic N) is 1. The summed E-state index contributed by atoms with van der Waals surface area (Å²) in [6.45, 7) is 5.32. The van der Waals surface area contributed by atoms with Gasteiger partial charge in [0.25, 0.3) is 0 Å². The lowest BCUT2D eigenvalue weighted by Crippen LogP contribution is -2.42. The molecule has 0 saturated heterocycles. The third-order valence-electron chi connectivity index (χ3n) is 2.73. The molecule has 0 spiro atoms. The van der Waals surface area contributed by atoms with E-state index in [4.69, 9.17) is 5.73 Å². The number of nitrogens with one attached hydrogen (secondary N) is 1. The highest BCUT2D eigenvalue weighted by Crippen LogP contribution is 2.25. The van der Waals surface area contributed by atoms with Crippen molar-refractivity contribution in [1.29, 1.82) is 0 Å². The summed E-state index contributed by atoms with van der Waals surface area (Å²) in [7, 11) is -3.73. The van der Waals surface area contributed by atoms with Crippen molar-refractivity contribution < 1.29 is 13.2 Å². The van der Waals surface area contributed by atoms with Gasteiger partial charge in [-0.2, -0.15) is 4.31 Å². The largest absolute Gasteiger partial charge is 0.398 e. The summed E-state index contributed by atoms with van der Waals surface area (Å²) >= 11 is 3.21. The quantitative estimate of drug-likeness (QED) is 0.735. The van der Waals surface area contributed by atoms with Gasteiger partial charge in [-0.25, -0.2) is 8.42 Å². The van der Waals surface area contributed by atoms with Gasteiger partial charge >= 0.3 is 0 Å². The predicted octanol–water partition coefficient (Wildman–Crippen LogP) is 1.57. The Morgan fingerprint density at radius 1 is 1.43 bits per heavy atom. The van der Waals surface area contributed by atoms with Crippen LogP contribution in [-0.2, 0) is 14.8 Å². The van der Waals surface area contributed by atoms with Crippen molar-refractivity contribution in [3.05, 3.63) is 22.7 Å². The smallest absolute Gasteiger partial charge is 0.243 e. The van der Waals surface area contributed by atoms with Crippen LogP contribution in [0.15, 0.2) is 27.6 Å². The summed E-state index contributed by atoms with van der Waals surface area (Å²) in [4.78, 5) is 11.9. The van der Waals surface area contributed by atoms with Gasteiger partial charge in [-0.05, 0) is 48.0 Å². The number of nitrogens with two attached hydrogens (primary N) is 1. The van der Waals surface area contributed by atoms with E-state index >= 15 is 0 Å². The number of hydrogen-bond acceptors (Lipinski definition) is 4. The Morgan fingerprint density at radius 3 is 2.52 bits per heavy atom. The van der Waals surface area contributed by atoms with Crippen LogP contribution >= 0.6 is 15.9 Å². The molecule has 0 bridgehead atoms. The molecule has 0 radical (unpaired) electrons. The molecule has 118 valence electrons. The maximum Gasteiger partial charge on any atom is 0.243 e. The zero-order chi connectivity index (χ0) is 16.2. The number of hydrogen-bond donors (Lipinski definition) is 2. The van der Waals surface area contributed by atoms with E-state index in [1.807, 2.05) is 13.8 Å². The SMILES string of the molecule is CCN(CC(=O)NC(C)C)S(=O)(=O)c1ccc(N)c(Br)c1. The molecule has 0 saturated carbocycles. The van der Waals surface area contributed by atoms with Crippen molar-refractivity contribution in [2.24, 2.45) is 0 Å². The Kier molecular flexibility index (Phi) is 6.18. The van der Waals surface area contributed by atoms with Gasteiger partial charge in [-0.15, -0.1) is 0 Å². The molecule has 1 rings (SSSR count). The standard InChI is InChI=1S/C13H20BrN3O3S/c1-4-17(8-13(18)16-9(2)3)21(19,20)10-5-6-12(15)11(14)7-10/h5-7,9H,4,8,15H2,1-3H3,(H,16,18). The molecule has 21 heavy (non-hydrogen) atoms. The number of sulfonamides is 1. The van der Waals surface area contributed by atoms with Crippen molar-refractivity contribution in [1.82, 2.24) is 9.62 Å². The maximum atomic E-state index is 12.5. The van der Waals surface area contributed by atoms with E-state index in [-0.39, 0.29) is 29.9 Å². The third kappa shape index (κ3) is 4.69. The van der Waals surface area contributed by atoms with Crippen LogP contribution in [0.25, 0.3) is 0 Å². The number of nitrogen functional groups attached to an aromatic ring is 1. The molecule has 0 aliphatic heterocycles. The molecular weight excluding hydrogens is 358 g/mol. The highest BCUT2D eigenvalue weighted by Gasteiger charge is 2.25. The third-order valence-corrected chi connectivity index (χ3v) is 5.34. The summed E-state index contributed by atoms with van der Waals surface area (Å²) in [5.41, 5.74) is 6.11. The molecule has 0 heterocycles. The summed E-state index contributed by atoms with van der Waals surface area (Å²) < 4.78 is 26.7. The first-order valence-corrected chi connectivity index (χ1v) is 8.76. The van der Waals surface area contributed by atoms with Crippen LogP contribution in [0.5, 0.6) is 0 Å². The maximum absolute atomic E-state index is 12.5. The molecule has 0 atom stereocenters. The van der Waals surface area contributed by atoms with E-state index in [2.05, 4.69) is 21.2 Å². The van der Waals surface area contributed by atoms with Crippen molar-refractivity contribution in [3.63, 3.8) is 0 Å². The number of carbonyl (C=O) groups is 1. The van der Waals surface area contributed by atoms with Crippen LogP contribution in [0.4, 0.5) is 5.69 Å². The summed E-state index contributed by atoms with van der Waals surface area (Å²) in [5, 5.41) is 2.68. The van der Waals surface area contributed by atoms with E-state index < -0.39 is 10.0 Å².